The topological polar surface area (TPSA) is 70.2 Å². The van der Waals surface area contributed by atoms with E-state index >= 15 is 0 Å². The minimum absolute atomic E-state index is 0.238. The molecule has 96 valence electrons. The molecular weight excluding hydrogens is 234 g/mol. The van der Waals surface area contributed by atoms with Crippen LogP contribution in [-0.2, 0) is 11.3 Å². The van der Waals surface area contributed by atoms with Crippen molar-refractivity contribution in [3.63, 3.8) is 0 Å². The number of aromatic nitrogens is 3. The average Bonchev–Trinajstić information content (AvgIpc) is 2.89. The van der Waals surface area contributed by atoms with Crippen LogP contribution in [-0.4, -0.2) is 27.3 Å². The van der Waals surface area contributed by atoms with E-state index in [4.69, 9.17) is 9.26 Å². The normalized spacial score (nSPS) is 10.6. The molecular formula is C12H15N3O3. The predicted octanol–water partition coefficient (Wildman–Crippen LogP) is 1.71. The zero-order valence-electron chi connectivity index (χ0n) is 10.6. The van der Waals surface area contributed by atoms with Gasteiger partial charge in [0.2, 0.25) is 0 Å². The van der Waals surface area contributed by atoms with Crippen molar-refractivity contribution in [3.05, 3.63) is 35.2 Å². The summed E-state index contributed by atoms with van der Waals surface area (Å²) in [5, 5.41) is 3.76. The van der Waals surface area contributed by atoms with E-state index in [0.717, 1.165) is 11.4 Å². The smallest absolute Gasteiger partial charge is 0.360 e. The fourth-order valence-electron chi connectivity index (χ4n) is 1.68. The van der Waals surface area contributed by atoms with E-state index in [1.807, 2.05) is 17.7 Å². The van der Waals surface area contributed by atoms with E-state index in [-0.39, 0.29) is 5.69 Å². The molecule has 0 aliphatic carbocycles. The zero-order valence-corrected chi connectivity index (χ0v) is 10.6. The van der Waals surface area contributed by atoms with Crippen LogP contribution in [0.4, 0.5) is 0 Å². The summed E-state index contributed by atoms with van der Waals surface area (Å²) in [6, 6.07) is 0. The van der Waals surface area contributed by atoms with Crippen LogP contribution in [0.2, 0.25) is 0 Å². The molecule has 0 spiro atoms. The number of hydrogen-bond donors (Lipinski definition) is 0. The molecule has 0 saturated carbocycles. The third kappa shape index (κ3) is 2.27. The van der Waals surface area contributed by atoms with Crippen molar-refractivity contribution >= 4 is 5.97 Å². The predicted molar refractivity (Wildman–Crippen MR) is 63.3 cm³/mol. The number of esters is 1. The molecule has 0 aromatic carbocycles. The summed E-state index contributed by atoms with van der Waals surface area (Å²) < 4.78 is 11.9. The maximum absolute atomic E-state index is 11.7. The van der Waals surface area contributed by atoms with Crippen molar-refractivity contribution in [1.29, 1.82) is 0 Å². The molecule has 0 aliphatic rings. The molecule has 0 saturated heterocycles. The van der Waals surface area contributed by atoms with Gasteiger partial charge in [-0.25, -0.2) is 9.78 Å². The van der Waals surface area contributed by atoms with E-state index < -0.39 is 5.97 Å². The molecule has 2 aromatic heterocycles. The van der Waals surface area contributed by atoms with E-state index in [1.165, 1.54) is 0 Å². The maximum atomic E-state index is 11.7. The van der Waals surface area contributed by atoms with Gasteiger partial charge < -0.3 is 13.8 Å². The Labute approximate surface area is 105 Å². The number of nitrogens with zero attached hydrogens (tertiary/aromatic N) is 3. The van der Waals surface area contributed by atoms with Gasteiger partial charge in [0.05, 0.1) is 13.2 Å². The first-order valence-electron chi connectivity index (χ1n) is 5.73. The Kier molecular flexibility index (Phi) is 3.45. The van der Waals surface area contributed by atoms with E-state index in [1.54, 1.807) is 20.0 Å². The molecule has 0 bridgehead atoms. The van der Waals surface area contributed by atoms with Crippen molar-refractivity contribution in [2.45, 2.75) is 27.3 Å². The summed E-state index contributed by atoms with van der Waals surface area (Å²) in [4.78, 5) is 15.9. The van der Waals surface area contributed by atoms with Crippen LogP contribution in [0.5, 0.6) is 0 Å². The average molecular weight is 249 g/mol. The van der Waals surface area contributed by atoms with Crippen LogP contribution >= 0.6 is 0 Å². The lowest BCUT2D eigenvalue weighted by Gasteiger charge is -2.05. The summed E-state index contributed by atoms with van der Waals surface area (Å²) in [6.45, 7) is 6.23. The highest BCUT2D eigenvalue weighted by Gasteiger charge is 2.21. The Balaban J connectivity index is 2.30. The Hall–Kier alpha value is -2.11. The molecule has 0 N–H and O–H groups in total. The van der Waals surface area contributed by atoms with Gasteiger partial charge in [-0.3, -0.25) is 0 Å². The molecule has 6 nitrogen and oxygen atoms in total. The number of carbonyl (C=O) groups excluding carboxylic acids is 1. The van der Waals surface area contributed by atoms with Gasteiger partial charge in [0.25, 0.3) is 0 Å². The lowest BCUT2D eigenvalue weighted by molar-refractivity contribution is 0.0513. The SMILES string of the molecule is CCOC(=O)c1noc(C)c1Cn1ccnc1C. The molecule has 0 unspecified atom stereocenters. The molecule has 0 fully saturated rings. The first-order chi connectivity index (χ1) is 8.63. The van der Waals surface area contributed by atoms with Gasteiger partial charge in [-0.05, 0) is 20.8 Å². The highest BCUT2D eigenvalue weighted by molar-refractivity contribution is 5.88. The zero-order chi connectivity index (χ0) is 13.1. The molecule has 0 amide bonds. The van der Waals surface area contributed by atoms with Crippen LogP contribution in [0.3, 0.4) is 0 Å². The lowest BCUT2D eigenvalue weighted by atomic mass is 10.2. The minimum Gasteiger partial charge on any atom is -0.461 e. The van der Waals surface area contributed by atoms with E-state index in [9.17, 15) is 4.79 Å². The van der Waals surface area contributed by atoms with Gasteiger partial charge in [-0.1, -0.05) is 5.16 Å². The Morgan fingerprint density at radius 2 is 2.28 bits per heavy atom. The van der Waals surface area contributed by atoms with E-state index in [0.29, 0.717) is 18.9 Å². The van der Waals surface area contributed by atoms with Crippen LogP contribution in [0.25, 0.3) is 0 Å². The highest BCUT2D eigenvalue weighted by atomic mass is 16.5. The number of ether oxygens (including phenoxy) is 1. The van der Waals surface area contributed by atoms with Crippen molar-refractivity contribution in [2.24, 2.45) is 0 Å². The van der Waals surface area contributed by atoms with Gasteiger partial charge in [-0.2, -0.15) is 0 Å². The third-order valence-electron chi connectivity index (χ3n) is 2.71. The molecule has 2 rings (SSSR count). The van der Waals surface area contributed by atoms with Gasteiger partial charge in [0.1, 0.15) is 11.6 Å². The summed E-state index contributed by atoms with van der Waals surface area (Å²) in [7, 11) is 0. The maximum Gasteiger partial charge on any atom is 0.360 e. The lowest BCUT2D eigenvalue weighted by Crippen LogP contribution is -2.11. The molecule has 0 radical (unpaired) electrons. The first kappa shape index (κ1) is 12.3. The number of carbonyl (C=O) groups is 1. The van der Waals surface area contributed by atoms with Gasteiger partial charge in [0, 0.05) is 18.0 Å². The summed E-state index contributed by atoms with van der Waals surface area (Å²) >= 11 is 0. The fraction of sp³-hybridized carbons (Fsp3) is 0.417. The first-order valence-corrected chi connectivity index (χ1v) is 5.73. The van der Waals surface area contributed by atoms with Crippen molar-refractivity contribution < 1.29 is 14.1 Å². The Bertz CT molecular complexity index is 557. The Morgan fingerprint density at radius 3 is 2.89 bits per heavy atom. The second-order valence-corrected chi connectivity index (χ2v) is 3.89. The molecule has 18 heavy (non-hydrogen) atoms. The summed E-state index contributed by atoms with van der Waals surface area (Å²) in [5.41, 5.74) is 0.969. The van der Waals surface area contributed by atoms with E-state index in [2.05, 4.69) is 10.1 Å². The minimum atomic E-state index is -0.456. The number of rotatable bonds is 4. The molecule has 2 heterocycles. The monoisotopic (exact) mass is 249 g/mol. The quantitative estimate of drug-likeness (QED) is 0.771. The van der Waals surface area contributed by atoms with Gasteiger partial charge in [-0.15, -0.1) is 0 Å². The van der Waals surface area contributed by atoms with Crippen molar-refractivity contribution in [3.8, 4) is 0 Å². The van der Waals surface area contributed by atoms with Crippen LogP contribution in [0, 0.1) is 13.8 Å². The third-order valence-corrected chi connectivity index (χ3v) is 2.71. The van der Waals surface area contributed by atoms with Crippen LogP contribution in [0.1, 0.15) is 34.6 Å². The van der Waals surface area contributed by atoms with Gasteiger partial charge in [0.15, 0.2) is 5.69 Å². The molecule has 2 aromatic rings. The van der Waals surface area contributed by atoms with Crippen molar-refractivity contribution in [2.75, 3.05) is 6.61 Å². The largest absolute Gasteiger partial charge is 0.461 e. The summed E-state index contributed by atoms with van der Waals surface area (Å²) in [5.74, 6) is 1.03. The standard InChI is InChI=1S/C12H15N3O3/c1-4-17-12(16)11-10(8(2)18-14-11)7-15-6-5-13-9(15)3/h5-6H,4,7H2,1-3H3. The summed E-state index contributed by atoms with van der Waals surface area (Å²) in [6.07, 6.45) is 3.55. The highest BCUT2D eigenvalue weighted by Crippen LogP contribution is 2.16. The number of aryl methyl sites for hydroxylation is 2. The van der Waals surface area contributed by atoms with Gasteiger partial charge >= 0.3 is 5.97 Å². The molecule has 0 atom stereocenters. The van der Waals surface area contributed by atoms with Crippen LogP contribution in [0.15, 0.2) is 16.9 Å². The molecule has 0 aliphatic heterocycles. The number of hydrogen-bond acceptors (Lipinski definition) is 5. The Morgan fingerprint density at radius 1 is 1.50 bits per heavy atom. The van der Waals surface area contributed by atoms with Crippen LogP contribution < -0.4 is 0 Å². The van der Waals surface area contributed by atoms with Crippen molar-refractivity contribution in [1.82, 2.24) is 14.7 Å². The molecule has 6 heteroatoms. The number of imidazole rings is 1. The fourth-order valence-corrected chi connectivity index (χ4v) is 1.68. The second kappa shape index (κ2) is 5.03. The second-order valence-electron chi connectivity index (χ2n) is 3.89.